The summed E-state index contributed by atoms with van der Waals surface area (Å²) in [7, 11) is 0. The Bertz CT molecular complexity index is 1410. The lowest BCUT2D eigenvalue weighted by Gasteiger charge is -2.34. The number of imidazole rings is 1. The fourth-order valence-corrected chi connectivity index (χ4v) is 6.58. The molecule has 6 rings (SSSR count). The smallest absolute Gasteiger partial charge is 0.280 e. The van der Waals surface area contributed by atoms with Gasteiger partial charge in [0.15, 0.2) is 0 Å². The standard InChI is InChI=1S/C31H39FN6O2/c32-25-9-5-23(6-10-25)29(39)35-31-34-27-13-4-22(21-36-16-2-1-3-17-36)20-28(27)38(31)26-11-7-24(8-12-26)30(40)37-18-14-33-15-19-37/h4-6,9-10,13,20,24,26,33H,1-3,7-8,11-12,14-19,21H2,(H,34,35,39)/t24-,26+. The number of piperazine rings is 1. The predicted octanol–water partition coefficient (Wildman–Crippen LogP) is 4.00. The van der Waals surface area contributed by atoms with Crippen LogP contribution in [-0.4, -0.2) is 70.4 Å². The first-order chi connectivity index (χ1) is 19.5. The zero-order chi connectivity index (χ0) is 27.5. The second-order valence-corrected chi connectivity index (χ2v) is 11.5. The van der Waals surface area contributed by atoms with Crippen LogP contribution in [0.15, 0.2) is 47.5 Å². The molecule has 1 saturated carbocycles. The summed E-state index contributed by atoms with van der Waals surface area (Å²) in [4.78, 5) is 38.7. The zero-order valence-corrected chi connectivity index (χ0v) is 23.1. The molecule has 0 bridgehead atoms. The van der Waals surface area contributed by atoms with Crippen LogP contribution in [0.4, 0.5) is 4.39 Å². The highest BCUT2D eigenvalue weighted by atomic mass is 19.1. The molecule has 0 atom stereocenters. The largest absolute Gasteiger partial charge is 0.340 e. The molecule has 40 heavy (non-hydrogen) atoms. The average Bonchev–Trinajstić information content (AvgIpc) is 3.35. The number of aromatic nitrogens is 2. The Morgan fingerprint density at radius 2 is 1.62 bits per heavy atom. The number of aromatic amines is 1. The summed E-state index contributed by atoms with van der Waals surface area (Å²) in [5.74, 6) is -0.456. The molecule has 1 aromatic heterocycles. The fraction of sp³-hybridized carbons (Fsp3) is 0.516. The van der Waals surface area contributed by atoms with Crippen LogP contribution >= 0.6 is 0 Å². The molecule has 2 saturated heterocycles. The minimum Gasteiger partial charge on any atom is -0.340 e. The molecule has 3 aromatic rings. The van der Waals surface area contributed by atoms with Crippen molar-refractivity contribution in [2.45, 2.75) is 57.5 Å². The number of nitrogens with zero attached hydrogens (tertiary/aromatic N) is 4. The second-order valence-electron chi connectivity index (χ2n) is 11.5. The number of hydrogen-bond acceptors (Lipinski definition) is 4. The molecule has 1 aliphatic carbocycles. The van der Waals surface area contributed by atoms with Crippen LogP contribution in [0.1, 0.15) is 66.9 Å². The molecule has 0 radical (unpaired) electrons. The second kappa shape index (κ2) is 12.1. The van der Waals surface area contributed by atoms with E-state index in [-0.39, 0.29) is 23.7 Å². The van der Waals surface area contributed by atoms with Crippen molar-refractivity contribution in [3.8, 4) is 0 Å². The van der Waals surface area contributed by atoms with E-state index in [4.69, 9.17) is 0 Å². The average molecular weight is 547 g/mol. The van der Waals surface area contributed by atoms with E-state index in [1.807, 2.05) is 4.90 Å². The van der Waals surface area contributed by atoms with Crippen molar-refractivity contribution in [1.82, 2.24) is 24.7 Å². The monoisotopic (exact) mass is 546 g/mol. The summed E-state index contributed by atoms with van der Waals surface area (Å²) in [6.45, 7) is 6.45. The first-order valence-corrected chi connectivity index (χ1v) is 14.8. The molecule has 8 nitrogen and oxygen atoms in total. The van der Waals surface area contributed by atoms with Gasteiger partial charge in [-0.15, -0.1) is 0 Å². The number of fused-ring (bicyclic) bond motifs is 1. The number of amides is 2. The molecule has 2 aliphatic heterocycles. The lowest BCUT2D eigenvalue weighted by atomic mass is 9.84. The van der Waals surface area contributed by atoms with Gasteiger partial charge in [0.1, 0.15) is 5.82 Å². The van der Waals surface area contributed by atoms with Crippen LogP contribution in [0.3, 0.4) is 0 Å². The van der Waals surface area contributed by atoms with E-state index >= 15 is 0 Å². The molecule has 3 fully saturated rings. The van der Waals surface area contributed by atoms with Gasteiger partial charge >= 0.3 is 0 Å². The van der Waals surface area contributed by atoms with Gasteiger partial charge < -0.3 is 19.8 Å². The summed E-state index contributed by atoms with van der Waals surface area (Å²) < 4.78 is 15.6. The van der Waals surface area contributed by atoms with E-state index < -0.39 is 5.91 Å². The summed E-state index contributed by atoms with van der Waals surface area (Å²) in [5, 5.41) is 3.32. The molecule has 2 amide bonds. The zero-order valence-electron chi connectivity index (χ0n) is 23.1. The number of H-pyrrole nitrogens is 1. The summed E-state index contributed by atoms with van der Waals surface area (Å²) >= 11 is 0. The van der Waals surface area contributed by atoms with Crippen molar-refractivity contribution in [1.29, 1.82) is 0 Å². The van der Waals surface area contributed by atoms with Crippen molar-refractivity contribution >= 4 is 22.8 Å². The quantitative estimate of drug-likeness (QED) is 0.507. The van der Waals surface area contributed by atoms with Crippen LogP contribution in [0.5, 0.6) is 0 Å². The Balaban J connectivity index is 1.30. The van der Waals surface area contributed by atoms with E-state index in [9.17, 15) is 14.0 Å². The fourth-order valence-electron chi connectivity index (χ4n) is 6.58. The molecule has 3 aliphatic rings. The van der Waals surface area contributed by atoms with Crippen LogP contribution in [0, 0.1) is 11.7 Å². The first kappa shape index (κ1) is 26.9. The number of benzene rings is 2. The van der Waals surface area contributed by atoms with Gasteiger partial charge in [0.25, 0.3) is 5.91 Å². The molecular formula is C31H39FN6O2. The van der Waals surface area contributed by atoms with Gasteiger partial charge in [-0.3, -0.25) is 14.5 Å². The van der Waals surface area contributed by atoms with Gasteiger partial charge in [-0.1, -0.05) is 12.5 Å². The minimum absolute atomic E-state index is 0.0519. The number of carbonyl (C=O) groups excluding carboxylic acids is 2. The third-order valence-corrected chi connectivity index (χ3v) is 8.79. The maximum absolute atomic E-state index is 13.5. The van der Waals surface area contributed by atoms with Crippen molar-refractivity contribution in [3.63, 3.8) is 0 Å². The number of carbonyl (C=O) groups is 2. The molecule has 2 N–H and O–H groups in total. The molecule has 9 heteroatoms. The Morgan fingerprint density at radius 3 is 2.35 bits per heavy atom. The molecular weight excluding hydrogens is 507 g/mol. The topological polar surface area (TPSA) is 85.7 Å². The minimum atomic E-state index is -0.406. The van der Waals surface area contributed by atoms with Crippen LogP contribution in [-0.2, 0) is 11.3 Å². The highest BCUT2D eigenvalue weighted by Gasteiger charge is 2.31. The normalized spacial score (nSPS) is 23.0. The highest BCUT2D eigenvalue weighted by Crippen LogP contribution is 2.34. The summed E-state index contributed by atoms with van der Waals surface area (Å²) in [6.07, 6.45) is 7.15. The Morgan fingerprint density at radius 1 is 0.900 bits per heavy atom. The third-order valence-electron chi connectivity index (χ3n) is 8.79. The van der Waals surface area contributed by atoms with Crippen molar-refractivity contribution in [3.05, 3.63) is 65.0 Å². The van der Waals surface area contributed by atoms with Crippen molar-refractivity contribution < 1.29 is 14.0 Å². The van der Waals surface area contributed by atoms with E-state index in [0.717, 1.165) is 82.5 Å². The summed E-state index contributed by atoms with van der Waals surface area (Å²) in [5.41, 5.74) is 4.09. The Labute approximate surface area is 234 Å². The maximum Gasteiger partial charge on any atom is 0.280 e. The van der Waals surface area contributed by atoms with Gasteiger partial charge in [-0.2, -0.15) is 4.99 Å². The highest BCUT2D eigenvalue weighted by molar-refractivity contribution is 5.95. The Hall–Kier alpha value is -3.30. The maximum atomic E-state index is 13.5. The van der Waals surface area contributed by atoms with Gasteiger partial charge in [0, 0.05) is 50.2 Å². The van der Waals surface area contributed by atoms with E-state index in [1.54, 1.807) is 0 Å². The van der Waals surface area contributed by atoms with Crippen LogP contribution in [0.2, 0.25) is 0 Å². The van der Waals surface area contributed by atoms with Gasteiger partial charge in [-0.05, 0) is 93.6 Å². The van der Waals surface area contributed by atoms with E-state index in [1.165, 1.54) is 49.1 Å². The number of hydrogen-bond donors (Lipinski definition) is 2. The number of halogens is 1. The van der Waals surface area contributed by atoms with E-state index in [2.05, 4.69) is 43.0 Å². The summed E-state index contributed by atoms with van der Waals surface area (Å²) in [6, 6.07) is 12.1. The number of nitrogens with one attached hydrogen (secondary N) is 2. The van der Waals surface area contributed by atoms with Crippen LogP contribution < -0.4 is 10.9 Å². The van der Waals surface area contributed by atoms with E-state index in [0.29, 0.717) is 11.2 Å². The Kier molecular flexibility index (Phi) is 8.11. The SMILES string of the molecule is O=C(/N=c1\[nH]c2ccc(CN3CCCCC3)cc2n1[C@H]1CC[C@@H](C(=O)N2CCNCC2)CC1)c1ccc(F)cc1. The molecule has 0 spiro atoms. The first-order valence-electron chi connectivity index (χ1n) is 14.8. The molecule has 212 valence electrons. The van der Waals surface area contributed by atoms with Gasteiger partial charge in [0.2, 0.25) is 11.5 Å². The number of rotatable bonds is 5. The molecule has 0 unspecified atom stereocenters. The lowest BCUT2D eigenvalue weighted by molar-refractivity contribution is -0.137. The van der Waals surface area contributed by atoms with Crippen LogP contribution in [0.25, 0.3) is 11.0 Å². The van der Waals surface area contributed by atoms with Gasteiger partial charge in [-0.25, -0.2) is 4.39 Å². The third kappa shape index (κ3) is 5.90. The molecule has 2 aromatic carbocycles. The lowest BCUT2D eigenvalue weighted by Crippen LogP contribution is -2.49. The molecule has 3 heterocycles. The van der Waals surface area contributed by atoms with Crippen molar-refractivity contribution in [2.75, 3.05) is 39.3 Å². The van der Waals surface area contributed by atoms with Gasteiger partial charge in [0.05, 0.1) is 11.0 Å². The number of piperidine rings is 1. The van der Waals surface area contributed by atoms with Crippen molar-refractivity contribution in [2.24, 2.45) is 10.9 Å². The predicted molar refractivity (Wildman–Crippen MR) is 152 cm³/mol. The number of likely N-dealkylation sites (tertiary alicyclic amines) is 1.